The van der Waals surface area contributed by atoms with Crippen molar-refractivity contribution in [3.05, 3.63) is 107 Å². The summed E-state index contributed by atoms with van der Waals surface area (Å²) in [6.07, 6.45) is -3.57. The van der Waals surface area contributed by atoms with E-state index >= 15 is 0 Å². The van der Waals surface area contributed by atoms with Crippen molar-refractivity contribution in [2.75, 3.05) is 10.6 Å². The van der Waals surface area contributed by atoms with Crippen LogP contribution in [0.15, 0.2) is 73.6 Å². The summed E-state index contributed by atoms with van der Waals surface area (Å²) >= 11 is 9.77. The second-order valence-corrected chi connectivity index (χ2v) is 11.7. The normalized spacial score (nSPS) is 11.4. The molecule has 0 saturated carbocycles. The Labute approximate surface area is 290 Å². The molecule has 4 heterocycles. The molecule has 0 spiro atoms. The van der Waals surface area contributed by atoms with Crippen LogP contribution >= 0.6 is 27.5 Å². The van der Waals surface area contributed by atoms with Crippen LogP contribution in [0.4, 0.5) is 36.2 Å². The highest BCUT2D eigenvalue weighted by molar-refractivity contribution is 9.10. The van der Waals surface area contributed by atoms with Gasteiger partial charge in [0.05, 0.1) is 27.8 Å². The minimum absolute atomic E-state index is 0.00573. The van der Waals surface area contributed by atoms with Crippen LogP contribution in [0.5, 0.6) is 0 Å². The van der Waals surface area contributed by atoms with Gasteiger partial charge in [0.2, 0.25) is 0 Å². The van der Waals surface area contributed by atoms with Gasteiger partial charge in [-0.3, -0.25) is 14.2 Å². The van der Waals surface area contributed by atoms with Crippen LogP contribution in [0.3, 0.4) is 0 Å². The van der Waals surface area contributed by atoms with Gasteiger partial charge in [0.15, 0.2) is 0 Å². The first kappa shape index (κ1) is 35.4. The monoisotopic (exact) mass is 752 g/mol. The molecule has 0 aliphatic heterocycles. The van der Waals surface area contributed by atoms with Gasteiger partial charge in [-0.25, -0.2) is 24.0 Å². The largest absolute Gasteiger partial charge is 0.433 e. The first-order chi connectivity index (χ1) is 23.2. The predicted molar refractivity (Wildman–Crippen MR) is 190 cm³/mol. The maximum Gasteiger partial charge on any atom is 0.433 e. The summed E-state index contributed by atoms with van der Waals surface area (Å²) in [5, 5.41) is 9.83. The fourth-order valence-electron chi connectivity index (χ4n) is 4.99. The highest BCUT2D eigenvalue weighted by atomic mass is 79.9. The van der Waals surface area contributed by atoms with Crippen molar-refractivity contribution in [2.24, 2.45) is 14.1 Å². The van der Waals surface area contributed by atoms with Crippen molar-refractivity contribution >= 4 is 85.5 Å². The quantitative estimate of drug-likeness (QED) is 0.212. The van der Waals surface area contributed by atoms with Crippen LogP contribution in [0.2, 0.25) is 5.02 Å². The van der Waals surface area contributed by atoms with Crippen LogP contribution in [-0.4, -0.2) is 36.7 Å². The maximum atomic E-state index is 14.2. The summed E-state index contributed by atoms with van der Waals surface area (Å²) in [4.78, 5) is 49.5. The number of aromatic nitrogens is 6. The molecule has 0 amide bonds. The van der Waals surface area contributed by atoms with E-state index in [1.165, 1.54) is 44.6 Å². The van der Waals surface area contributed by atoms with E-state index in [2.05, 4.69) is 41.6 Å². The number of hydrogen-bond donors (Lipinski definition) is 2. The first-order valence-corrected chi connectivity index (χ1v) is 15.8. The number of alkyl halides is 3. The standard InChI is InChI=1S/C30H20BBrClF3N8O3.C2H6/c1-13-16(32)7-5-8-17(13)38-25-22-14(12-37-43(3)27(22)45)10-21(41-25)44-28(46)23-19(42(2)29(44)47)11-20(30(34,35)36)40-26(23)39-18-9-4-6-15(31)24(18)33;1-2/h4-12H,1-3H3,(H,38,41)(H,39,40);1-2H3. The van der Waals surface area contributed by atoms with Crippen molar-refractivity contribution in [1.29, 1.82) is 0 Å². The third-order valence-electron chi connectivity index (χ3n) is 7.49. The molecule has 250 valence electrons. The van der Waals surface area contributed by atoms with Crippen LogP contribution in [0, 0.1) is 6.92 Å². The molecule has 0 atom stereocenters. The number of nitrogens with zero attached hydrogens (tertiary/aromatic N) is 6. The molecule has 0 aliphatic rings. The number of hydrogen-bond acceptors (Lipinski definition) is 8. The molecular formula is C32H26BBrClF3N8O3. The maximum absolute atomic E-state index is 14.2. The second-order valence-electron chi connectivity index (χ2n) is 10.5. The Kier molecular flexibility index (Phi) is 9.75. The zero-order valence-electron chi connectivity index (χ0n) is 26.6. The SMILES string of the molecule is CC.[B]c1cccc(Nc2nc(C(F)(F)F)cc3c2c(=O)n(-c2cc4cnn(C)c(=O)c4c(Nc4cccc(Br)c4C)n2)c(=O)n3C)c1Cl. The highest BCUT2D eigenvalue weighted by Gasteiger charge is 2.35. The van der Waals surface area contributed by atoms with Crippen molar-refractivity contribution in [3.63, 3.8) is 0 Å². The van der Waals surface area contributed by atoms with E-state index in [1.54, 1.807) is 12.1 Å². The number of nitrogens with one attached hydrogen (secondary N) is 2. The number of benzene rings is 2. The van der Waals surface area contributed by atoms with Gasteiger partial charge in [-0.1, -0.05) is 65.0 Å². The van der Waals surface area contributed by atoms with E-state index in [0.717, 1.165) is 19.3 Å². The lowest BCUT2D eigenvalue weighted by Gasteiger charge is -2.18. The predicted octanol–water partition coefficient (Wildman–Crippen LogP) is 5.78. The molecule has 17 heteroatoms. The van der Waals surface area contributed by atoms with E-state index in [1.807, 2.05) is 26.8 Å². The lowest BCUT2D eigenvalue weighted by Crippen LogP contribution is -2.39. The zero-order valence-corrected chi connectivity index (χ0v) is 28.9. The smallest absolute Gasteiger partial charge is 0.339 e. The van der Waals surface area contributed by atoms with E-state index in [9.17, 15) is 27.6 Å². The molecule has 0 bridgehead atoms. The highest BCUT2D eigenvalue weighted by Crippen LogP contribution is 2.34. The Morgan fingerprint density at radius 3 is 2.22 bits per heavy atom. The van der Waals surface area contributed by atoms with Gasteiger partial charge < -0.3 is 10.6 Å². The number of aryl methyl sites for hydroxylation is 2. The first-order valence-electron chi connectivity index (χ1n) is 14.6. The van der Waals surface area contributed by atoms with Crippen LogP contribution in [-0.2, 0) is 20.3 Å². The Hall–Kier alpha value is -4.96. The van der Waals surface area contributed by atoms with Crippen molar-refractivity contribution in [3.8, 4) is 5.82 Å². The number of halogens is 5. The molecule has 6 aromatic rings. The Morgan fingerprint density at radius 2 is 1.53 bits per heavy atom. The van der Waals surface area contributed by atoms with Crippen LogP contribution in [0.25, 0.3) is 27.5 Å². The Morgan fingerprint density at radius 1 is 0.898 bits per heavy atom. The Balaban J connectivity index is 0.00000230. The fraction of sp³-hybridized carbons (Fsp3) is 0.188. The second kappa shape index (κ2) is 13.5. The summed E-state index contributed by atoms with van der Waals surface area (Å²) < 4.78 is 45.4. The van der Waals surface area contributed by atoms with Gasteiger partial charge in [0, 0.05) is 29.6 Å². The fourth-order valence-corrected chi connectivity index (χ4v) is 5.53. The van der Waals surface area contributed by atoms with Gasteiger partial charge in [-0.15, -0.1) is 0 Å². The molecule has 0 aliphatic carbocycles. The number of fused-ring (bicyclic) bond motifs is 2. The molecule has 11 nitrogen and oxygen atoms in total. The molecule has 0 fully saturated rings. The van der Waals surface area contributed by atoms with Crippen molar-refractivity contribution < 1.29 is 13.2 Å². The molecule has 0 saturated heterocycles. The molecule has 6 rings (SSSR count). The van der Waals surface area contributed by atoms with Crippen molar-refractivity contribution in [2.45, 2.75) is 26.9 Å². The van der Waals surface area contributed by atoms with E-state index < -0.39 is 34.5 Å². The van der Waals surface area contributed by atoms with Crippen LogP contribution < -0.4 is 32.9 Å². The molecular weight excluding hydrogens is 728 g/mol. The summed E-state index contributed by atoms with van der Waals surface area (Å²) in [5.41, 5.74) is -2.74. The van der Waals surface area contributed by atoms with E-state index in [0.29, 0.717) is 16.3 Å². The molecule has 2 radical (unpaired) electrons. The van der Waals surface area contributed by atoms with Gasteiger partial charge >= 0.3 is 11.9 Å². The average Bonchev–Trinajstić information content (AvgIpc) is 3.06. The Bertz CT molecular complexity index is 2470. The minimum Gasteiger partial charge on any atom is -0.339 e. The van der Waals surface area contributed by atoms with Crippen LogP contribution in [0.1, 0.15) is 25.1 Å². The topological polar surface area (TPSA) is 129 Å². The van der Waals surface area contributed by atoms with E-state index in [-0.39, 0.29) is 49.5 Å². The molecule has 2 aromatic carbocycles. The van der Waals surface area contributed by atoms with E-state index in [4.69, 9.17) is 19.4 Å². The number of pyridine rings is 2. The summed E-state index contributed by atoms with van der Waals surface area (Å²) in [6.45, 7) is 5.82. The van der Waals surface area contributed by atoms with Gasteiger partial charge in [-0.05, 0) is 42.8 Å². The third kappa shape index (κ3) is 6.45. The number of anilines is 4. The lowest BCUT2D eigenvalue weighted by atomic mass is 9.96. The minimum atomic E-state index is -4.93. The van der Waals surface area contributed by atoms with Crippen molar-refractivity contribution in [1.82, 2.24) is 28.9 Å². The summed E-state index contributed by atoms with van der Waals surface area (Å²) in [7, 11) is 8.55. The molecule has 0 unspecified atom stereocenters. The molecule has 4 aromatic heterocycles. The average molecular weight is 754 g/mol. The van der Waals surface area contributed by atoms with Gasteiger partial charge in [-0.2, -0.15) is 18.3 Å². The summed E-state index contributed by atoms with van der Waals surface area (Å²) in [6, 6.07) is 11.7. The van der Waals surface area contributed by atoms with Gasteiger partial charge in [0.1, 0.15) is 36.4 Å². The van der Waals surface area contributed by atoms with Gasteiger partial charge in [0.25, 0.3) is 11.1 Å². The summed E-state index contributed by atoms with van der Waals surface area (Å²) in [5.74, 6) is -0.759. The third-order valence-corrected chi connectivity index (χ3v) is 8.77. The molecule has 49 heavy (non-hydrogen) atoms. The molecule has 2 N–H and O–H groups in total. The lowest BCUT2D eigenvalue weighted by molar-refractivity contribution is -0.141. The number of rotatable bonds is 5. The zero-order chi connectivity index (χ0) is 35.9.